The predicted octanol–water partition coefficient (Wildman–Crippen LogP) is 0.0930. The van der Waals surface area contributed by atoms with Gasteiger partial charge in [-0.05, 0) is 19.8 Å². The van der Waals surface area contributed by atoms with Crippen LogP contribution in [0.25, 0.3) is 0 Å². The maximum Gasteiger partial charge on any atom is 0.315 e. The molecule has 1 unspecified atom stereocenters. The van der Waals surface area contributed by atoms with Crippen molar-refractivity contribution in [3.05, 3.63) is 0 Å². The van der Waals surface area contributed by atoms with Crippen LogP contribution in [0.5, 0.6) is 0 Å². The van der Waals surface area contributed by atoms with Gasteiger partial charge in [0.05, 0.1) is 6.61 Å². The molecule has 0 rings (SSSR count). The van der Waals surface area contributed by atoms with Crippen LogP contribution in [0.3, 0.4) is 0 Å². The van der Waals surface area contributed by atoms with Gasteiger partial charge in [-0.15, -0.1) is 0 Å². The zero-order valence-corrected chi connectivity index (χ0v) is 8.88. The summed E-state index contributed by atoms with van der Waals surface area (Å²) in [4.78, 5) is 11.2. The normalized spacial score (nSPS) is 12.2. The highest BCUT2D eigenvalue weighted by atomic mass is 16.5. The highest BCUT2D eigenvalue weighted by molar-refractivity contribution is 5.74. The summed E-state index contributed by atoms with van der Waals surface area (Å²) in [6, 6.07) is -0.0998. The van der Waals surface area contributed by atoms with E-state index in [0.29, 0.717) is 19.6 Å². The molecule has 5 nitrogen and oxygen atoms in total. The Hall–Kier alpha value is -0.810. The third kappa shape index (κ3) is 7.82. The van der Waals surface area contributed by atoms with E-state index in [4.69, 9.17) is 9.84 Å². The molecule has 0 heterocycles. The number of carbonyl (C=O) groups excluding carboxylic acids is 1. The quantitative estimate of drug-likeness (QED) is 0.515. The van der Waals surface area contributed by atoms with Crippen LogP contribution in [-0.4, -0.2) is 44.0 Å². The van der Waals surface area contributed by atoms with Gasteiger partial charge in [0.15, 0.2) is 0 Å². The van der Waals surface area contributed by atoms with Crippen LogP contribution in [-0.2, 0) is 4.74 Å². The molecule has 0 aromatic rings. The van der Waals surface area contributed by atoms with Gasteiger partial charge in [-0.25, -0.2) is 4.79 Å². The summed E-state index contributed by atoms with van der Waals surface area (Å²) in [5.41, 5.74) is 0. The van der Waals surface area contributed by atoms with E-state index in [1.54, 1.807) is 7.11 Å². The Morgan fingerprint density at radius 1 is 1.57 bits per heavy atom. The number of amides is 2. The lowest BCUT2D eigenvalue weighted by molar-refractivity contribution is 0.195. The first-order valence-electron chi connectivity index (χ1n) is 4.85. The van der Waals surface area contributed by atoms with Crippen molar-refractivity contribution in [3.8, 4) is 0 Å². The van der Waals surface area contributed by atoms with Crippen molar-refractivity contribution in [3.63, 3.8) is 0 Å². The molecule has 2 amide bonds. The van der Waals surface area contributed by atoms with E-state index in [-0.39, 0.29) is 18.7 Å². The zero-order chi connectivity index (χ0) is 10.8. The molecule has 0 radical (unpaired) electrons. The zero-order valence-electron chi connectivity index (χ0n) is 8.88. The third-order valence-electron chi connectivity index (χ3n) is 1.76. The Balaban J connectivity index is 3.40. The number of aliphatic hydroxyl groups is 1. The lowest BCUT2D eigenvalue weighted by Crippen LogP contribution is -2.41. The minimum absolute atomic E-state index is 0.0877. The lowest BCUT2D eigenvalue weighted by atomic mass is 10.2. The summed E-state index contributed by atoms with van der Waals surface area (Å²) in [5, 5.41) is 14.0. The fourth-order valence-electron chi connectivity index (χ4n) is 1.01. The molecule has 0 fully saturated rings. The topological polar surface area (TPSA) is 70.6 Å². The van der Waals surface area contributed by atoms with E-state index >= 15 is 0 Å². The van der Waals surface area contributed by atoms with Gasteiger partial charge in [0, 0.05) is 26.3 Å². The fourth-order valence-corrected chi connectivity index (χ4v) is 1.01. The van der Waals surface area contributed by atoms with Gasteiger partial charge in [0.25, 0.3) is 0 Å². The van der Waals surface area contributed by atoms with Gasteiger partial charge in [0.2, 0.25) is 0 Å². The minimum Gasteiger partial charge on any atom is -0.396 e. The van der Waals surface area contributed by atoms with Crippen molar-refractivity contribution in [1.82, 2.24) is 10.6 Å². The third-order valence-corrected chi connectivity index (χ3v) is 1.76. The van der Waals surface area contributed by atoms with Gasteiger partial charge in [0.1, 0.15) is 0 Å². The van der Waals surface area contributed by atoms with Crippen molar-refractivity contribution < 1.29 is 14.6 Å². The van der Waals surface area contributed by atoms with E-state index in [0.717, 1.165) is 6.42 Å². The first-order valence-corrected chi connectivity index (χ1v) is 4.85. The first-order chi connectivity index (χ1) is 6.70. The highest BCUT2D eigenvalue weighted by Gasteiger charge is 2.05. The maximum atomic E-state index is 11.2. The second kappa shape index (κ2) is 8.77. The molecule has 5 heteroatoms. The highest BCUT2D eigenvalue weighted by Crippen LogP contribution is 1.94. The molecule has 0 saturated carbocycles. The van der Waals surface area contributed by atoms with Crippen molar-refractivity contribution in [1.29, 1.82) is 0 Å². The Morgan fingerprint density at radius 3 is 2.86 bits per heavy atom. The molecule has 0 saturated heterocycles. The molecule has 0 aromatic heterocycles. The molecule has 14 heavy (non-hydrogen) atoms. The summed E-state index contributed by atoms with van der Waals surface area (Å²) in [7, 11) is 1.59. The van der Waals surface area contributed by atoms with E-state index in [1.807, 2.05) is 6.92 Å². The number of carbonyl (C=O) groups is 1. The van der Waals surface area contributed by atoms with Crippen molar-refractivity contribution in [2.24, 2.45) is 0 Å². The molecule has 3 N–H and O–H groups in total. The molecule has 0 aliphatic heterocycles. The lowest BCUT2D eigenvalue weighted by Gasteiger charge is -2.13. The predicted molar refractivity (Wildman–Crippen MR) is 54.2 cm³/mol. The van der Waals surface area contributed by atoms with Gasteiger partial charge >= 0.3 is 6.03 Å². The maximum absolute atomic E-state index is 11.2. The smallest absolute Gasteiger partial charge is 0.315 e. The molecular weight excluding hydrogens is 184 g/mol. The average molecular weight is 204 g/mol. The van der Waals surface area contributed by atoms with Crippen LogP contribution in [0, 0.1) is 0 Å². The summed E-state index contributed by atoms with van der Waals surface area (Å²) < 4.78 is 4.79. The number of aliphatic hydroxyl groups excluding tert-OH is 1. The Kier molecular flexibility index (Phi) is 8.27. The average Bonchev–Trinajstić information content (AvgIpc) is 2.15. The van der Waals surface area contributed by atoms with Crippen LogP contribution < -0.4 is 10.6 Å². The Bertz CT molecular complexity index is 153. The fraction of sp³-hybridized carbons (Fsp3) is 0.889. The molecule has 0 aliphatic rings. The number of methoxy groups -OCH3 is 1. The van der Waals surface area contributed by atoms with Crippen LogP contribution in [0.4, 0.5) is 4.79 Å². The Morgan fingerprint density at radius 2 is 2.29 bits per heavy atom. The number of ether oxygens (including phenoxy) is 1. The standard InChI is InChI=1S/C9H20N2O3/c1-8(4-3-6-12)11-9(13)10-5-7-14-2/h8,12H,3-7H2,1-2H3,(H2,10,11,13). The van der Waals surface area contributed by atoms with Crippen LogP contribution in [0.1, 0.15) is 19.8 Å². The SMILES string of the molecule is COCCNC(=O)NC(C)CCCO. The van der Waals surface area contributed by atoms with E-state index in [1.165, 1.54) is 0 Å². The van der Waals surface area contributed by atoms with Gasteiger partial charge in [-0.1, -0.05) is 0 Å². The second-order valence-corrected chi connectivity index (χ2v) is 3.16. The molecule has 0 spiro atoms. The molecule has 1 atom stereocenters. The van der Waals surface area contributed by atoms with Crippen molar-refractivity contribution in [2.45, 2.75) is 25.8 Å². The number of hydrogen-bond donors (Lipinski definition) is 3. The van der Waals surface area contributed by atoms with E-state index in [2.05, 4.69) is 10.6 Å². The summed E-state index contributed by atoms with van der Waals surface area (Å²) in [5.74, 6) is 0. The monoisotopic (exact) mass is 204 g/mol. The van der Waals surface area contributed by atoms with E-state index < -0.39 is 0 Å². The van der Waals surface area contributed by atoms with Gasteiger partial charge in [-0.2, -0.15) is 0 Å². The first kappa shape index (κ1) is 13.2. The summed E-state index contributed by atoms with van der Waals surface area (Å²) in [6.07, 6.45) is 1.49. The van der Waals surface area contributed by atoms with Crippen LogP contribution in [0.2, 0.25) is 0 Å². The molecule has 0 bridgehead atoms. The molecule has 84 valence electrons. The summed E-state index contributed by atoms with van der Waals surface area (Å²) in [6.45, 7) is 3.09. The van der Waals surface area contributed by atoms with Gasteiger partial charge < -0.3 is 20.5 Å². The van der Waals surface area contributed by atoms with Crippen molar-refractivity contribution in [2.75, 3.05) is 26.9 Å². The molecule has 0 aliphatic carbocycles. The molecular formula is C9H20N2O3. The van der Waals surface area contributed by atoms with Crippen molar-refractivity contribution >= 4 is 6.03 Å². The largest absolute Gasteiger partial charge is 0.396 e. The van der Waals surface area contributed by atoms with Crippen LogP contribution in [0.15, 0.2) is 0 Å². The number of urea groups is 1. The van der Waals surface area contributed by atoms with Gasteiger partial charge in [-0.3, -0.25) is 0 Å². The Labute approximate surface area is 84.8 Å². The number of hydrogen-bond acceptors (Lipinski definition) is 3. The minimum atomic E-state index is -0.188. The second-order valence-electron chi connectivity index (χ2n) is 3.16. The number of rotatable bonds is 7. The molecule has 0 aromatic carbocycles. The summed E-state index contributed by atoms with van der Waals surface area (Å²) >= 11 is 0. The number of nitrogens with one attached hydrogen (secondary N) is 2. The van der Waals surface area contributed by atoms with E-state index in [9.17, 15) is 4.79 Å². The van der Waals surface area contributed by atoms with Crippen LogP contribution >= 0.6 is 0 Å².